The number of nitrogen functional groups attached to an aromatic ring is 1. The van der Waals surface area contributed by atoms with E-state index < -0.39 is 0 Å². The van der Waals surface area contributed by atoms with Gasteiger partial charge in [-0.05, 0) is 48.9 Å². The van der Waals surface area contributed by atoms with Crippen molar-refractivity contribution in [1.29, 1.82) is 0 Å². The van der Waals surface area contributed by atoms with Crippen LogP contribution in [0.2, 0.25) is 0 Å². The molecule has 1 amide bonds. The third-order valence-electron chi connectivity index (χ3n) is 5.91. The molecule has 0 atom stereocenters. The normalized spacial score (nSPS) is 10.8. The van der Waals surface area contributed by atoms with Gasteiger partial charge in [-0.2, -0.15) is 0 Å². The van der Waals surface area contributed by atoms with Gasteiger partial charge in [0.25, 0.3) is 5.56 Å². The van der Waals surface area contributed by atoms with Crippen molar-refractivity contribution in [2.24, 2.45) is 0 Å². The van der Waals surface area contributed by atoms with Gasteiger partial charge in [-0.15, -0.1) is 0 Å². The number of amides is 1. The summed E-state index contributed by atoms with van der Waals surface area (Å²) in [7, 11) is 0. The average molecular weight is 468 g/mol. The standard InChI is InChI=1S/C28H29N5O2/c1-20-23(15-16-26(29)32-20)17-31-27(34)19-33-25(22-12-6-3-7-13-22)18-30-24(28(33)35)14-8-11-21-9-4-2-5-10-21/h2-7,9-10,12-13,15-16,18H,8,11,14,17,19H2,1H3,(H2,29,32)(H,31,34). The summed E-state index contributed by atoms with van der Waals surface area (Å²) in [6, 6.07) is 23.2. The van der Waals surface area contributed by atoms with E-state index in [1.165, 1.54) is 10.1 Å². The summed E-state index contributed by atoms with van der Waals surface area (Å²) >= 11 is 0. The second-order valence-corrected chi connectivity index (χ2v) is 8.44. The molecule has 2 aromatic carbocycles. The molecule has 35 heavy (non-hydrogen) atoms. The predicted molar refractivity (Wildman–Crippen MR) is 138 cm³/mol. The minimum absolute atomic E-state index is 0.0985. The van der Waals surface area contributed by atoms with Crippen LogP contribution in [-0.2, 0) is 30.7 Å². The molecule has 0 bridgehead atoms. The van der Waals surface area contributed by atoms with Gasteiger partial charge < -0.3 is 11.1 Å². The molecule has 4 aromatic rings. The highest BCUT2D eigenvalue weighted by molar-refractivity contribution is 5.76. The van der Waals surface area contributed by atoms with E-state index in [1.807, 2.05) is 61.5 Å². The summed E-state index contributed by atoms with van der Waals surface area (Å²) in [5, 5.41) is 2.90. The highest BCUT2D eigenvalue weighted by atomic mass is 16.2. The smallest absolute Gasteiger partial charge is 0.273 e. The lowest BCUT2D eigenvalue weighted by molar-refractivity contribution is -0.121. The maximum atomic E-state index is 13.4. The van der Waals surface area contributed by atoms with Crippen molar-refractivity contribution in [3.05, 3.63) is 112 Å². The Morgan fingerprint density at radius 2 is 1.69 bits per heavy atom. The quantitative estimate of drug-likeness (QED) is 0.391. The second kappa shape index (κ2) is 11.2. The molecule has 0 aliphatic heterocycles. The molecular weight excluding hydrogens is 438 g/mol. The van der Waals surface area contributed by atoms with Gasteiger partial charge in [-0.3, -0.25) is 19.1 Å². The molecule has 0 spiro atoms. The highest BCUT2D eigenvalue weighted by Crippen LogP contribution is 2.17. The van der Waals surface area contributed by atoms with Crippen LogP contribution >= 0.6 is 0 Å². The Balaban J connectivity index is 1.53. The number of benzene rings is 2. The number of carbonyl (C=O) groups excluding carboxylic acids is 1. The Hall–Kier alpha value is -4.26. The number of aromatic nitrogens is 3. The highest BCUT2D eigenvalue weighted by Gasteiger charge is 2.15. The number of aryl methyl sites for hydroxylation is 3. The monoisotopic (exact) mass is 467 g/mol. The second-order valence-electron chi connectivity index (χ2n) is 8.44. The van der Waals surface area contributed by atoms with Crippen molar-refractivity contribution < 1.29 is 4.79 Å². The zero-order valence-electron chi connectivity index (χ0n) is 19.8. The van der Waals surface area contributed by atoms with E-state index in [9.17, 15) is 9.59 Å². The molecule has 7 heteroatoms. The van der Waals surface area contributed by atoms with E-state index in [1.54, 1.807) is 12.3 Å². The Kier molecular flexibility index (Phi) is 7.67. The lowest BCUT2D eigenvalue weighted by Crippen LogP contribution is -2.34. The van der Waals surface area contributed by atoms with Crippen molar-refractivity contribution in [3.8, 4) is 11.3 Å². The third kappa shape index (κ3) is 6.20. The van der Waals surface area contributed by atoms with E-state index in [-0.39, 0.29) is 18.0 Å². The molecule has 7 nitrogen and oxygen atoms in total. The van der Waals surface area contributed by atoms with Crippen LogP contribution < -0.4 is 16.6 Å². The molecule has 2 aromatic heterocycles. The zero-order valence-corrected chi connectivity index (χ0v) is 19.8. The van der Waals surface area contributed by atoms with Crippen molar-refractivity contribution in [2.45, 2.75) is 39.3 Å². The first kappa shape index (κ1) is 23.9. The molecule has 0 unspecified atom stereocenters. The minimum atomic E-state index is -0.262. The topological polar surface area (TPSA) is 103 Å². The lowest BCUT2D eigenvalue weighted by Gasteiger charge is -2.15. The van der Waals surface area contributed by atoms with Crippen molar-refractivity contribution in [1.82, 2.24) is 19.9 Å². The van der Waals surface area contributed by atoms with Gasteiger partial charge in [0.1, 0.15) is 18.1 Å². The van der Waals surface area contributed by atoms with Crippen LogP contribution in [0.4, 0.5) is 5.82 Å². The SMILES string of the molecule is Cc1nc(N)ccc1CNC(=O)Cn1c(-c2ccccc2)cnc(CCCc2ccccc2)c1=O. The number of hydrogen-bond donors (Lipinski definition) is 2. The molecule has 178 valence electrons. The van der Waals surface area contributed by atoms with Crippen LogP contribution in [0.1, 0.15) is 28.9 Å². The number of nitrogens with zero attached hydrogens (tertiary/aromatic N) is 3. The van der Waals surface area contributed by atoms with E-state index >= 15 is 0 Å². The summed E-state index contributed by atoms with van der Waals surface area (Å²) in [6.45, 7) is 2.06. The van der Waals surface area contributed by atoms with Crippen LogP contribution in [0, 0.1) is 6.92 Å². The first-order valence-electron chi connectivity index (χ1n) is 11.7. The number of carbonyl (C=O) groups is 1. The van der Waals surface area contributed by atoms with Gasteiger partial charge in [0, 0.05) is 12.2 Å². The van der Waals surface area contributed by atoms with Gasteiger partial charge in [-0.1, -0.05) is 66.7 Å². The Morgan fingerprint density at radius 1 is 0.971 bits per heavy atom. The molecular formula is C28H29N5O2. The largest absolute Gasteiger partial charge is 0.384 e. The summed E-state index contributed by atoms with van der Waals surface area (Å²) < 4.78 is 1.52. The van der Waals surface area contributed by atoms with Gasteiger partial charge in [-0.25, -0.2) is 4.98 Å². The molecule has 0 saturated heterocycles. The fraction of sp³-hybridized carbons (Fsp3) is 0.214. The van der Waals surface area contributed by atoms with Gasteiger partial charge in [0.2, 0.25) is 5.91 Å². The number of nitrogens with one attached hydrogen (secondary N) is 1. The molecule has 3 N–H and O–H groups in total. The van der Waals surface area contributed by atoms with Crippen LogP contribution in [0.3, 0.4) is 0 Å². The maximum absolute atomic E-state index is 13.4. The minimum Gasteiger partial charge on any atom is -0.384 e. The molecule has 0 saturated carbocycles. The Bertz CT molecular complexity index is 1350. The number of hydrogen-bond acceptors (Lipinski definition) is 5. The van der Waals surface area contributed by atoms with E-state index in [4.69, 9.17) is 5.73 Å². The summed E-state index contributed by atoms with van der Waals surface area (Å²) in [5.41, 5.74) is 10.2. The number of rotatable bonds is 9. The molecule has 0 aliphatic rings. The summed E-state index contributed by atoms with van der Waals surface area (Å²) in [5.74, 6) is 0.176. The first-order chi connectivity index (χ1) is 17.0. The maximum Gasteiger partial charge on any atom is 0.273 e. The lowest BCUT2D eigenvalue weighted by atomic mass is 10.1. The Labute approximate surface area is 204 Å². The van der Waals surface area contributed by atoms with Crippen molar-refractivity contribution >= 4 is 11.7 Å². The van der Waals surface area contributed by atoms with E-state index in [2.05, 4.69) is 27.4 Å². The number of nitrogens with two attached hydrogens (primary N) is 1. The number of pyridine rings is 1. The summed E-state index contributed by atoms with van der Waals surface area (Å²) in [4.78, 5) is 35.0. The molecule has 4 rings (SSSR count). The zero-order chi connectivity index (χ0) is 24.6. The molecule has 2 heterocycles. The number of anilines is 1. The van der Waals surface area contributed by atoms with Crippen molar-refractivity contribution in [3.63, 3.8) is 0 Å². The molecule has 0 radical (unpaired) electrons. The van der Waals surface area contributed by atoms with Crippen LogP contribution in [0.25, 0.3) is 11.3 Å². The van der Waals surface area contributed by atoms with Crippen LogP contribution in [-0.4, -0.2) is 20.4 Å². The summed E-state index contributed by atoms with van der Waals surface area (Å²) in [6.07, 6.45) is 3.89. The predicted octanol–water partition coefficient (Wildman–Crippen LogP) is 3.69. The van der Waals surface area contributed by atoms with Gasteiger partial charge in [0.05, 0.1) is 11.9 Å². The molecule has 0 fully saturated rings. The molecule has 0 aliphatic carbocycles. The van der Waals surface area contributed by atoms with E-state index in [0.717, 1.165) is 29.7 Å². The Morgan fingerprint density at radius 3 is 2.40 bits per heavy atom. The van der Waals surface area contributed by atoms with Crippen molar-refractivity contribution in [2.75, 3.05) is 5.73 Å². The van der Waals surface area contributed by atoms with Crippen LogP contribution in [0.5, 0.6) is 0 Å². The van der Waals surface area contributed by atoms with Crippen LogP contribution in [0.15, 0.2) is 83.8 Å². The fourth-order valence-electron chi connectivity index (χ4n) is 3.99. The van der Waals surface area contributed by atoms with Gasteiger partial charge in [0.15, 0.2) is 0 Å². The first-order valence-corrected chi connectivity index (χ1v) is 11.7. The van der Waals surface area contributed by atoms with Gasteiger partial charge >= 0.3 is 0 Å². The average Bonchev–Trinajstić information content (AvgIpc) is 2.87. The fourth-order valence-corrected chi connectivity index (χ4v) is 3.99. The van der Waals surface area contributed by atoms with E-state index in [0.29, 0.717) is 30.2 Å². The third-order valence-corrected chi connectivity index (χ3v) is 5.91.